The highest BCUT2D eigenvalue weighted by molar-refractivity contribution is 6.33. The fourth-order valence-electron chi connectivity index (χ4n) is 2.82. The van der Waals surface area contributed by atoms with Gasteiger partial charge in [0.05, 0.1) is 27.9 Å². The van der Waals surface area contributed by atoms with Crippen LogP contribution in [0.15, 0.2) is 74.7 Å². The van der Waals surface area contributed by atoms with Crippen molar-refractivity contribution in [1.29, 1.82) is 0 Å². The molecule has 0 radical (unpaired) electrons. The monoisotopic (exact) mass is 364 g/mol. The van der Waals surface area contributed by atoms with Gasteiger partial charge in [0.15, 0.2) is 5.43 Å². The average Bonchev–Trinajstić information content (AvgIpc) is 2.92. The molecule has 128 valence electrons. The van der Waals surface area contributed by atoms with E-state index in [9.17, 15) is 9.59 Å². The Balaban J connectivity index is 1.77. The maximum Gasteiger partial charge on any atom is 0.280 e. The zero-order valence-corrected chi connectivity index (χ0v) is 14.5. The van der Waals surface area contributed by atoms with Gasteiger partial charge in [0, 0.05) is 5.02 Å². The molecule has 0 unspecified atom stereocenters. The summed E-state index contributed by atoms with van der Waals surface area (Å²) in [5.41, 5.74) is 2.03. The van der Waals surface area contributed by atoms with Crippen LogP contribution < -0.4 is 10.4 Å². The molecule has 1 aliphatic heterocycles. The second-order valence-electron chi connectivity index (χ2n) is 5.86. The molecule has 1 amide bonds. The summed E-state index contributed by atoms with van der Waals surface area (Å²) in [6, 6.07) is 13.8. The molecule has 0 fully saturated rings. The van der Waals surface area contributed by atoms with Crippen LogP contribution in [0.4, 0.5) is 5.69 Å². The molecule has 1 aliphatic rings. The van der Waals surface area contributed by atoms with Gasteiger partial charge >= 0.3 is 0 Å². The summed E-state index contributed by atoms with van der Waals surface area (Å²) >= 11 is 6.00. The zero-order valence-electron chi connectivity index (χ0n) is 13.8. The van der Waals surface area contributed by atoms with Crippen LogP contribution in [0, 0.1) is 0 Å². The van der Waals surface area contributed by atoms with Gasteiger partial charge in [0.2, 0.25) is 0 Å². The highest BCUT2D eigenvalue weighted by Crippen LogP contribution is 2.26. The van der Waals surface area contributed by atoms with E-state index in [1.807, 2.05) is 0 Å². The van der Waals surface area contributed by atoms with Crippen molar-refractivity contribution in [1.82, 2.24) is 0 Å². The third-order valence-electron chi connectivity index (χ3n) is 4.12. The number of benzene rings is 2. The lowest BCUT2D eigenvalue weighted by Crippen LogP contribution is -2.21. The second kappa shape index (κ2) is 6.28. The van der Waals surface area contributed by atoms with Gasteiger partial charge < -0.3 is 4.42 Å². The van der Waals surface area contributed by atoms with Gasteiger partial charge in [-0.2, -0.15) is 10.1 Å². The normalized spacial score (nSPS) is 15.8. The summed E-state index contributed by atoms with van der Waals surface area (Å²) in [5, 5.41) is 6.54. The van der Waals surface area contributed by atoms with Crippen molar-refractivity contribution < 1.29 is 9.21 Å². The van der Waals surface area contributed by atoms with Crippen LogP contribution >= 0.6 is 11.6 Å². The largest absolute Gasteiger partial charge is 0.463 e. The van der Waals surface area contributed by atoms with Crippen molar-refractivity contribution in [3.63, 3.8) is 0 Å². The van der Waals surface area contributed by atoms with Crippen molar-refractivity contribution in [2.75, 3.05) is 5.01 Å². The number of hydrogen-bond acceptors (Lipinski definition) is 4. The molecule has 26 heavy (non-hydrogen) atoms. The van der Waals surface area contributed by atoms with Gasteiger partial charge in [0.1, 0.15) is 11.8 Å². The van der Waals surface area contributed by atoms with Gasteiger partial charge in [-0.05, 0) is 43.3 Å². The van der Waals surface area contributed by atoms with Gasteiger partial charge in [-0.25, -0.2) is 0 Å². The van der Waals surface area contributed by atoms with E-state index in [4.69, 9.17) is 16.0 Å². The Morgan fingerprint density at radius 1 is 1.12 bits per heavy atom. The molecule has 3 aromatic rings. The van der Waals surface area contributed by atoms with Gasteiger partial charge in [-0.15, -0.1) is 0 Å². The number of carbonyl (C=O) groups is 1. The first kappa shape index (κ1) is 16.3. The minimum Gasteiger partial charge on any atom is -0.463 e. The number of hydrazone groups is 1. The van der Waals surface area contributed by atoms with Crippen LogP contribution in [0.2, 0.25) is 5.02 Å². The maximum atomic E-state index is 12.8. The van der Waals surface area contributed by atoms with E-state index >= 15 is 0 Å². The standard InChI is InChI=1S/C20H13ClN2O3/c1-12-17(20(25)23(22-12)15-6-4-5-14(21)10-15)9-13-11-26-18-8-3-2-7-16(18)19(13)24/h2-11H,1H3/b17-9-. The summed E-state index contributed by atoms with van der Waals surface area (Å²) in [6.45, 7) is 1.72. The van der Waals surface area contributed by atoms with Crippen LogP contribution in [0.25, 0.3) is 17.0 Å². The first-order valence-corrected chi connectivity index (χ1v) is 8.30. The Kier molecular flexibility index (Phi) is 3.93. The predicted octanol–water partition coefficient (Wildman–Crippen LogP) is 4.25. The number of carbonyl (C=O) groups excluding carboxylic acids is 1. The summed E-state index contributed by atoms with van der Waals surface area (Å²) in [5.74, 6) is -0.322. The minimum atomic E-state index is -0.322. The molecule has 5 nitrogen and oxygen atoms in total. The lowest BCUT2D eigenvalue weighted by molar-refractivity contribution is -0.114. The SMILES string of the molecule is CC1=NN(c2cccc(Cl)c2)C(=O)/C1=C\c1coc2ccccc2c1=O. The quantitative estimate of drug-likeness (QED) is 0.638. The molecule has 0 saturated heterocycles. The van der Waals surface area contributed by atoms with Gasteiger partial charge in [0.25, 0.3) is 5.91 Å². The number of para-hydroxylation sites is 1. The van der Waals surface area contributed by atoms with Crippen LogP contribution in [-0.2, 0) is 4.79 Å². The molecule has 0 saturated carbocycles. The fraction of sp³-hybridized carbons (Fsp3) is 0.0500. The van der Waals surface area contributed by atoms with E-state index in [0.717, 1.165) is 0 Å². The Morgan fingerprint density at radius 2 is 1.92 bits per heavy atom. The summed E-state index contributed by atoms with van der Waals surface area (Å²) < 4.78 is 5.50. The molecule has 0 bridgehead atoms. The van der Waals surface area contributed by atoms with Crippen molar-refractivity contribution in [3.05, 3.63) is 81.2 Å². The van der Waals surface area contributed by atoms with Gasteiger partial charge in [-0.3, -0.25) is 9.59 Å². The molecule has 6 heteroatoms. The summed E-state index contributed by atoms with van der Waals surface area (Å²) in [7, 11) is 0. The van der Waals surface area contributed by atoms with Gasteiger partial charge in [-0.1, -0.05) is 29.8 Å². The number of hydrogen-bond donors (Lipinski definition) is 0. The molecular formula is C20H13ClN2O3. The van der Waals surface area contributed by atoms with Crippen LogP contribution in [-0.4, -0.2) is 11.6 Å². The van der Waals surface area contributed by atoms with Crippen LogP contribution in [0.1, 0.15) is 12.5 Å². The number of halogens is 1. The first-order chi connectivity index (χ1) is 12.5. The smallest absolute Gasteiger partial charge is 0.280 e. The minimum absolute atomic E-state index is 0.193. The molecule has 0 atom stereocenters. The topological polar surface area (TPSA) is 62.9 Å². The lowest BCUT2D eigenvalue weighted by atomic mass is 10.1. The Hall–Kier alpha value is -3.18. The van der Waals surface area contributed by atoms with E-state index in [2.05, 4.69) is 5.10 Å². The Labute approximate surface area is 153 Å². The van der Waals surface area contributed by atoms with Crippen molar-refractivity contribution in [2.24, 2.45) is 5.10 Å². The molecule has 2 aromatic carbocycles. The van der Waals surface area contributed by atoms with E-state index in [0.29, 0.717) is 38.5 Å². The fourth-order valence-corrected chi connectivity index (χ4v) is 3.00. The van der Waals surface area contributed by atoms with E-state index < -0.39 is 0 Å². The molecule has 0 spiro atoms. The van der Waals surface area contributed by atoms with Crippen molar-refractivity contribution in [2.45, 2.75) is 6.92 Å². The predicted molar refractivity (Wildman–Crippen MR) is 103 cm³/mol. The number of anilines is 1. The van der Waals surface area contributed by atoms with E-state index in [1.54, 1.807) is 55.5 Å². The molecule has 1 aromatic heterocycles. The zero-order chi connectivity index (χ0) is 18.3. The molecule has 0 aliphatic carbocycles. The second-order valence-corrected chi connectivity index (χ2v) is 6.29. The number of nitrogens with zero attached hydrogens (tertiary/aromatic N) is 2. The average molecular weight is 365 g/mol. The lowest BCUT2D eigenvalue weighted by Gasteiger charge is -2.11. The van der Waals surface area contributed by atoms with Crippen molar-refractivity contribution in [3.8, 4) is 0 Å². The number of amides is 1. The van der Waals surface area contributed by atoms with Crippen LogP contribution in [0.3, 0.4) is 0 Å². The van der Waals surface area contributed by atoms with E-state index in [1.165, 1.54) is 17.3 Å². The summed E-state index contributed by atoms with van der Waals surface area (Å²) in [4.78, 5) is 25.4. The Morgan fingerprint density at radius 3 is 2.73 bits per heavy atom. The van der Waals surface area contributed by atoms with E-state index in [-0.39, 0.29) is 11.3 Å². The number of fused-ring (bicyclic) bond motifs is 1. The third-order valence-corrected chi connectivity index (χ3v) is 4.36. The Bertz CT molecular complexity index is 1160. The molecular weight excluding hydrogens is 352 g/mol. The molecule has 2 heterocycles. The number of rotatable bonds is 2. The summed E-state index contributed by atoms with van der Waals surface area (Å²) in [6.07, 6.45) is 2.88. The van der Waals surface area contributed by atoms with Crippen LogP contribution in [0.5, 0.6) is 0 Å². The highest BCUT2D eigenvalue weighted by atomic mass is 35.5. The molecule has 4 rings (SSSR count). The molecule has 0 N–H and O–H groups in total. The third kappa shape index (κ3) is 2.72. The maximum absolute atomic E-state index is 12.8. The highest BCUT2D eigenvalue weighted by Gasteiger charge is 2.29. The van der Waals surface area contributed by atoms with Crippen molar-refractivity contribution >= 4 is 46.0 Å². The first-order valence-electron chi connectivity index (χ1n) is 7.92.